The summed E-state index contributed by atoms with van der Waals surface area (Å²) in [6.07, 6.45) is 2.20. The fraction of sp³-hybridized carbons (Fsp3) is 0.233. The molecule has 0 saturated carbocycles. The SMILES string of the molecule is CCOc1cccc(Cl)c1Cn1cc(C)c(O)c(NC(=O)N[C@@H](CC=O)c2ccc3cc(OC)ccc3c2)c1=O. The normalized spacial score (nSPS) is 11.6. The number of halogens is 1. The standard InChI is InChI=1S/C30H30ClN3O6/c1-4-40-26-7-5-6-24(31)23(26)17-34-16-18(2)28(36)27(29(34)37)33-30(38)32-25(12-13-35)21-9-8-20-15-22(39-3)11-10-19(20)14-21/h5-11,13-16,25,36H,4,12,17H2,1-3H3,(H2,32,33,38)/t25-/m0/s1. The van der Waals surface area contributed by atoms with E-state index in [9.17, 15) is 19.5 Å². The molecular formula is C30H30ClN3O6. The number of aromatic nitrogens is 1. The molecular weight excluding hydrogens is 534 g/mol. The molecule has 0 fully saturated rings. The van der Waals surface area contributed by atoms with Crippen LogP contribution in [0.4, 0.5) is 10.5 Å². The zero-order chi connectivity index (χ0) is 28.8. The van der Waals surface area contributed by atoms with E-state index >= 15 is 0 Å². The van der Waals surface area contributed by atoms with Crippen molar-refractivity contribution in [2.45, 2.75) is 32.9 Å². The summed E-state index contributed by atoms with van der Waals surface area (Å²) in [6, 6.07) is 14.9. The number of aromatic hydroxyl groups is 1. The highest BCUT2D eigenvalue weighted by atomic mass is 35.5. The van der Waals surface area contributed by atoms with E-state index < -0.39 is 17.6 Å². The van der Waals surface area contributed by atoms with Crippen molar-refractivity contribution >= 4 is 40.4 Å². The van der Waals surface area contributed by atoms with Crippen LogP contribution in [-0.4, -0.2) is 35.7 Å². The highest BCUT2D eigenvalue weighted by Crippen LogP contribution is 2.30. The van der Waals surface area contributed by atoms with E-state index in [-0.39, 0.29) is 24.4 Å². The van der Waals surface area contributed by atoms with Gasteiger partial charge in [-0.15, -0.1) is 0 Å². The molecule has 10 heteroatoms. The number of amides is 2. The zero-order valence-electron chi connectivity index (χ0n) is 22.4. The monoisotopic (exact) mass is 563 g/mol. The highest BCUT2D eigenvalue weighted by molar-refractivity contribution is 6.31. The van der Waals surface area contributed by atoms with E-state index in [2.05, 4.69) is 10.6 Å². The van der Waals surface area contributed by atoms with Gasteiger partial charge in [0.1, 0.15) is 23.5 Å². The molecule has 4 rings (SSSR count). The Morgan fingerprint density at radius 2 is 1.90 bits per heavy atom. The number of pyridine rings is 1. The smallest absolute Gasteiger partial charge is 0.319 e. The second-order valence-electron chi connectivity index (χ2n) is 9.14. The molecule has 0 saturated heterocycles. The van der Waals surface area contributed by atoms with Gasteiger partial charge in [0.05, 0.1) is 26.3 Å². The van der Waals surface area contributed by atoms with Crippen LogP contribution in [0.5, 0.6) is 17.2 Å². The van der Waals surface area contributed by atoms with Gasteiger partial charge < -0.3 is 34.6 Å². The second-order valence-corrected chi connectivity index (χ2v) is 9.55. The summed E-state index contributed by atoms with van der Waals surface area (Å²) in [5, 5.41) is 18.1. The summed E-state index contributed by atoms with van der Waals surface area (Å²) in [5.74, 6) is 0.895. The van der Waals surface area contributed by atoms with Gasteiger partial charge in [0.25, 0.3) is 5.56 Å². The van der Waals surface area contributed by atoms with Crippen molar-refractivity contribution in [3.63, 3.8) is 0 Å². The van der Waals surface area contributed by atoms with Gasteiger partial charge in [0.2, 0.25) is 0 Å². The van der Waals surface area contributed by atoms with Gasteiger partial charge in [0.15, 0.2) is 5.69 Å². The van der Waals surface area contributed by atoms with Crippen LogP contribution in [0.25, 0.3) is 10.8 Å². The molecule has 9 nitrogen and oxygen atoms in total. The molecule has 0 spiro atoms. The lowest BCUT2D eigenvalue weighted by Gasteiger charge is -2.19. The van der Waals surface area contributed by atoms with Crippen molar-refractivity contribution < 1.29 is 24.2 Å². The van der Waals surface area contributed by atoms with Crippen LogP contribution in [0, 0.1) is 6.92 Å². The summed E-state index contributed by atoms with van der Waals surface area (Å²) in [5.41, 5.74) is 0.737. The first kappa shape index (κ1) is 28.5. The van der Waals surface area contributed by atoms with Crippen LogP contribution < -0.4 is 25.7 Å². The molecule has 3 N–H and O–H groups in total. The number of nitrogens with one attached hydrogen (secondary N) is 2. The summed E-state index contributed by atoms with van der Waals surface area (Å²) >= 11 is 6.40. The fourth-order valence-corrected chi connectivity index (χ4v) is 4.67. The lowest BCUT2D eigenvalue weighted by Crippen LogP contribution is -2.35. The number of carbonyl (C=O) groups is 2. The highest BCUT2D eigenvalue weighted by Gasteiger charge is 2.20. The van der Waals surface area contributed by atoms with Crippen LogP contribution in [0.2, 0.25) is 5.02 Å². The topological polar surface area (TPSA) is 119 Å². The quantitative estimate of drug-likeness (QED) is 0.217. The average Bonchev–Trinajstić information content (AvgIpc) is 2.95. The third kappa shape index (κ3) is 6.21. The number of fused-ring (bicyclic) bond motifs is 1. The third-order valence-electron chi connectivity index (χ3n) is 6.49. The number of benzene rings is 3. The number of aldehydes is 1. The van der Waals surface area contributed by atoms with E-state index in [1.807, 2.05) is 43.3 Å². The molecule has 0 aliphatic carbocycles. The van der Waals surface area contributed by atoms with Gasteiger partial charge >= 0.3 is 6.03 Å². The maximum Gasteiger partial charge on any atom is 0.319 e. The number of aryl methyl sites for hydroxylation is 1. The first-order valence-electron chi connectivity index (χ1n) is 12.7. The molecule has 0 radical (unpaired) electrons. The third-order valence-corrected chi connectivity index (χ3v) is 6.84. The van der Waals surface area contributed by atoms with Gasteiger partial charge in [-0.2, -0.15) is 0 Å². The second kappa shape index (κ2) is 12.6. The number of carbonyl (C=O) groups excluding carboxylic acids is 2. The fourth-order valence-electron chi connectivity index (χ4n) is 4.45. The van der Waals surface area contributed by atoms with Gasteiger partial charge in [-0.1, -0.05) is 35.9 Å². The summed E-state index contributed by atoms with van der Waals surface area (Å²) in [6.45, 7) is 3.93. The number of urea groups is 1. The molecule has 208 valence electrons. The molecule has 2 amide bonds. The van der Waals surface area contributed by atoms with E-state index in [1.165, 1.54) is 10.8 Å². The molecule has 4 aromatic rings. The minimum absolute atomic E-state index is 0.00578. The van der Waals surface area contributed by atoms with Gasteiger partial charge in [-0.25, -0.2) is 4.79 Å². The Balaban J connectivity index is 1.60. The van der Waals surface area contributed by atoms with E-state index in [4.69, 9.17) is 21.1 Å². The number of anilines is 1. The average molecular weight is 564 g/mol. The van der Waals surface area contributed by atoms with Crippen molar-refractivity contribution in [1.29, 1.82) is 0 Å². The van der Waals surface area contributed by atoms with Crippen LogP contribution >= 0.6 is 11.6 Å². The molecule has 0 bridgehead atoms. The van der Waals surface area contributed by atoms with Crippen molar-refractivity contribution in [3.8, 4) is 17.2 Å². The molecule has 3 aromatic carbocycles. The minimum Gasteiger partial charge on any atom is -0.505 e. The van der Waals surface area contributed by atoms with Crippen molar-refractivity contribution in [1.82, 2.24) is 9.88 Å². The molecule has 0 unspecified atom stereocenters. The Morgan fingerprint density at radius 1 is 1.15 bits per heavy atom. The Labute approximate surface area is 236 Å². The van der Waals surface area contributed by atoms with E-state index in [0.29, 0.717) is 40.4 Å². The molecule has 1 heterocycles. The Kier molecular flexibility index (Phi) is 8.96. The zero-order valence-corrected chi connectivity index (χ0v) is 23.1. The first-order chi connectivity index (χ1) is 19.2. The molecule has 0 aliphatic rings. The Bertz CT molecular complexity index is 1620. The lowest BCUT2D eigenvalue weighted by atomic mass is 10.00. The predicted molar refractivity (Wildman–Crippen MR) is 155 cm³/mol. The predicted octanol–water partition coefficient (Wildman–Crippen LogP) is 5.58. The van der Waals surface area contributed by atoms with Gasteiger partial charge in [-0.3, -0.25) is 4.79 Å². The van der Waals surface area contributed by atoms with Crippen molar-refractivity contribution in [2.24, 2.45) is 0 Å². The number of hydrogen-bond acceptors (Lipinski definition) is 6. The summed E-state index contributed by atoms with van der Waals surface area (Å²) < 4.78 is 12.3. The van der Waals surface area contributed by atoms with Gasteiger partial charge in [-0.05, 0) is 60.5 Å². The number of hydrogen-bond donors (Lipinski definition) is 3. The first-order valence-corrected chi connectivity index (χ1v) is 13.1. The van der Waals surface area contributed by atoms with Gasteiger partial charge in [0, 0.05) is 28.8 Å². The maximum atomic E-state index is 13.4. The van der Waals surface area contributed by atoms with Crippen LogP contribution in [0.3, 0.4) is 0 Å². The number of rotatable bonds is 10. The molecule has 1 aromatic heterocycles. The maximum absolute atomic E-state index is 13.4. The summed E-state index contributed by atoms with van der Waals surface area (Å²) in [7, 11) is 1.59. The minimum atomic E-state index is -0.751. The Hall–Kier alpha value is -4.50. The van der Waals surface area contributed by atoms with Crippen LogP contribution in [-0.2, 0) is 11.3 Å². The van der Waals surface area contributed by atoms with Crippen molar-refractivity contribution in [2.75, 3.05) is 19.0 Å². The lowest BCUT2D eigenvalue weighted by molar-refractivity contribution is -0.108. The van der Waals surface area contributed by atoms with Crippen LogP contribution in [0.1, 0.15) is 36.1 Å². The summed E-state index contributed by atoms with van der Waals surface area (Å²) in [4.78, 5) is 37.8. The molecule has 0 aliphatic heterocycles. The number of nitrogens with zero attached hydrogens (tertiary/aromatic N) is 1. The van der Waals surface area contributed by atoms with Crippen LogP contribution in [0.15, 0.2) is 65.6 Å². The molecule has 1 atom stereocenters. The Morgan fingerprint density at radius 3 is 2.62 bits per heavy atom. The molecule has 40 heavy (non-hydrogen) atoms. The number of ether oxygens (including phenoxy) is 2. The van der Waals surface area contributed by atoms with E-state index in [0.717, 1.165) is 16.5 Å². The van der Waals surface area contributed by atoms with Crippen molar-refractivity contribution in [3.05, 3.63) is 92.9 Å². The largest absolute Gasteiger partial charge is 0.505 e. The number of methoxy groups -OCH3 is 1. The van der Waals surface area contributed by atoms with E-state index in [1.54, 1.807) is 32.2 Å².